The van der Waals surface area contributed by atoms with E-state index in [0.29, 0.717) is 18.8 Å². The van der Waals surface area contributed by atoms with Crippen molar-refractivity contribution in [2.75, 3.05) is 13.2 Å². The molecule has 3 rings (SSSR count). The fourth-order valence-corrected chi connectivity index (χ4v) is 4.00. The third kappa shape index (κ3) is 5.74. The number of benzene rings is 2. The number of ether oxygens (including phenoxy) is 2. The van der Waals surface area contributed by atoms with Crippen LogP contribution < -0.4 is 9.47 Å². The average Bonchev–Trinajstić information content (AvgIpc) is 2.74. The number of hydrogen-bond acceptors (Lipinski definition) is 2. The second-order valence-electron chi connectivity index (χ2n) is 8.04. The Morgan fingerprint density at radius 2 is 1.48 bits per heavy atom. The molecular formula is C26H35FO2. The second kappa shape index (κ2) is 11.2. The van der Waals surface area contributed by atoms with E-state index in [0.717, 1.165) is 61.2 Å². The van der Waals surface area contributed by atoms with E-state index in [9.17, 15) is 0 Å². The van der Waals surface area contributed by atoms with E-state index in [2.05, 4.69) is 26.0 Å². The molecule has 158 valence electrons. The lowest BCUT2D eigenvalue weighted by Crippen LogP contribution is -2.09. The molecular weight excluding hydrogens is 363 g/mol. The van der Waals surface area contributed by atoms with E-state index in [4.69, 9.17) is 9.47 Å². The molecule has 0 fully saturated rings. The summed E-state index contributed by atoms with van der Waals surface area (Å²) in [4.78, 5) is 0. The zero-order chi connectivity index (χ0) is 20.5. The van der Waals surface area contributed by atoms with Gasteiger partial charge in [-0.1, -0.05) is 64.5 Å². The van der Waals surface area contributed by atoms with Crippen LogP contribution in [0, 0.1) is 5.82 Å². The molecule has 2 aromatic carbocycles. The van der Waals surface area contributed by atoms with Gasteiger partial charge in [0, 0.05) is 0 Å². The summed E-state index contributed by atoms with van der Waals surface area (Å²) in [7, 11) is 0. The van der Waals surface area contributed by atoms with E-state index in [1.165, 1.54) is 31.2 Å². The van der Waals surface area contributed by atoms with Crippen LogP contribution in [-0.4, -0.2) is 13.2 Å². The summed E-state index contributed by atoms with van der Waals surface area (Å²) in [5, 5.41) is 0. The van der Waals surface area contributed by atoms with Crippen molar-refractivity contribution in [3.05, 3.63) is 47.3 Å². The third-order valence-electron chi connectivity index (χ3n) is 5.74. The van der Waals surface area contributed by atoms with Gasteiger partial charge in [0.05, 0.1) is 13.2 Å². The van der Waals surface area contributed by atoms with Gasteiger partial charge in [-0.05, 0) is 66.1 Å². The van der Waals surface area contributed by atoms with Crippen LogP contribution in [0.1, 0.15) is 76.3 Å². The van der Waals surface area contributed by atoms with Crippen molar-refractivity contribution >= 4 is 0 Å². The predicted molar refractivity (Wildman–Crippen MR) is 119 cm³/mol. The van der Waals surface area contributed by atoms with Gasteiger partial charge in [-0.25, -0.2) is 4.39 Å². The Kier molecular flexibility index (Phi) is 8.39. The number of unbranched alkanes of at least 4 members (excludes halogenated alkanes) is 6. The van der Waals surface area contributed by atoms with Crippen molar-refractivity contribution in [3.8, 4) is 22.6 Å². The number of fused-ring (bicyclic) bond motifs is 3. The van der Waals surface area contributed by atoms with Crippen LogP contribution in [0.25, 0.3) is 11.1 Å². The van der Waals surface area contributed by atoms with Crippen LogP contribution in [0.3, 0.4) is 0 Å². The molecule has 1 aliphatic rings. The highest BCUT2D eigenvalue weighted by Crippen LogP contribution is 2.39. The fraction of sp³-hybridized carbons (Fsp3) is 0.538. The van der Waals surface area contributed by atoms with Crippen LogP contribution in [-0.2, 0) is 12.8 Å². The molecule has 0 atom stereocenters. The highest BCUT2D eigenvalue weighted by atomic mass is 19.1. The van der Waals surface area contributed by atoms with E-state index >= 15 is 4.39 Å². The fourth-order valence-electron chi connectivity index (χ4n) is 4.00. The monoisotopic (exact) mass is 398 g/mol. The topological polar surface area (TPSA) is 18.5 Å². The van der Waals surface area contributed by atoms with Crippen LogP contribution in [0.15, 0.2) is 30.3 Å². The summed E-state index contributed by atoms with van der Waals surface area (Å²) in [5.41, 5.74) is 4.15. The van der Waals surface area contributed by atoms with Gasteiger partial charge in [-0.3, -0.25) is 0 Å². The first-order valence-corrected chi connectivity index (χ1v) is 11.4. The van der Waals surface area contributed by atoms with Crippen LogP contribution in [0.5, 0.6) is 11.5 Å². The molecule has 0 N–H and O–H groups in total. The Morgan fingerprint density at radius 1 is 0.759 bits per heavy atom. The summed E-state index contributed by atoms with van der Waals surface area (Å²) in [5.74, 6) is 1.14. The molecule has 0 radical (unpaired) electrons. The molecule has 0 aromatic heterocycles. The van der Waals surface area contributed by atoms with Crippen molar-refractivity contribution in [1.29, 1.82) is 0 Å². The van der Waals surface area contributed by atoms with Gasteiger partial charge in [0.25, 0.3) is 0 Å². The molecule has 0 heterocycles. The molecule has 29 heavy (non-hydrogen) atoms. The van der Waals surface area contributed by atoms with E-state index in [1.807, 2.05) is 12.1 Å². The van der Waals surface area contributed by atoms with Gasteiger partial charge < -0.3 is 9.47 Å². The molecule has 0 amide bonds. The molecule has 3 heteroatoms. The summed E-state index contributed by atoms with van der Waals surface area (Å²) in [6.07, 6.45) is 11.0. The van der Waals surface area contributed by atoms with Crippen LogP contribution >= 0.6 is 0 Å². The molecule has 0 unspecified atom stereocenters. The number of aryl methyl sites for hydroxylation is 1. The first kappa shape index (κ1) is 21.7. The van der Waals surface area contributed by atoms with E-state index < -0.39 is 0 Å². The molecule has 2 aromatic rings. The van der Waals surface area contributed by atoms with Gasteiger partial charge in [0.2, 0.25) is 0 Å². The van der Waals surface area contributed by atoms with Crippen LogP contribution in [0.2, 0.25) is 0 Å². The molecule has 2 nitrogen and oxygen atoms in total. The number of halogens is 1. The maximum absolute atomic E-state index is 15.1. The van der Waals surface area contributed by atoms with Crippen molar-refractivity contribution in [2.24, 2.45) is 0 Å². The summed E-state index contributed by atoms with van der Waals surface area (Å²) < 4.78 is 26.7. The second-order valence-corrected chi connectivity index (χ2v) is 8.04. The summed E-state index contributed by atoms with van der Waals surface area (Å²) in [6.45, 7) is 5.73. The van der Waals surface area contributed by atoms with Gasteiger partial charge in [0.1, 0.15) is 5.75 Å². The average molecular weight is 399 g/mol. The van der Waals surface area contributed by atoms with Gasteiger partial charge in [-0.15, -0.1) is 0 Å². The minimum atomic E-state index is -0.178. The van der Waals surface area contributed by atoms with Gasteiger partial charge >= 0.3 is 0 Å². The standard InChI is InChI=1S/C26H35FO2/c1-3-5-7-8-9-10-18-29-25-16-15-23-22-14-12-21(28-17-6-4-2)19-20(22)11-13-24(23)26(25)27/h12,14-16,19H,3-11,13,17-18H2,1-2H3. The third-order valence-corrected chi connectivity index (χ3v) is 5.74. The zero-order valence-electron chi connectivity index (χ0n) is 18.1. The number of hydrogen-bond donors (Lipinski definition) is 0. The minimum Gasteiger partial charge on any atom is -0.494 e. The first-order valence-electron chi connectivity index (χ1n) is 11.4. The lowest BCUT2D eigenvalue weighted by Gasteiger charge is -2.22. The summed E-state index contributed by atoms with van der Waals surface area (Å²) >= 11 is 0. The minimum absolute atomic E-state index is 0.178. The van der Waals surface area contributed by atoms with Crippen molar-refractivity contribution in [1.82, 2.24) is 0 Å². The molecule has 1 aliphatic carbocycles. The Hall–Kier alpha value is -2.03. The Balaban J connectivity index is 1.62. The summed E-state index contributed by atoms with van der Waals surface area (Å²) in [6, 6.07) is 10.0. The molecule has 0 bridgehead atoms. The van der Waals surface area contributed by atoms with Crippen LogP contribution in [0.4, 0.5) is 4.39 Å². The largest absolute Gasteiger partial charge is 0.494 e. The normalized spacial score (nSPS) is 12.4. The van der Waals surface area contributed by atoms with Crippen molar-refractivity contribution in [3.63, 3.8) is 0 Å². The molecule has 0 aliphatic heterocycles. The quantitative estimate of drug-likeness (QED) is 0.344. The van der Waals surface area contributed by atoms with Crippen molar-refractivity contribution in [2.45, 2.75) is 78.1 Å². The Labute approximate surface area is 175 Å². The number of rotatable bonds is 12. The van der Waals surface area contributed by atoms with E-state index in [1.54, 1.807) is 6.07 Å². The maximum Gasteiger partial charge on any atom is 0.168 e. The predicted octanol–water partition coefficient (Wildman–Crippen LogP) is 7.51. The smallest absolute Gasteiger partial charge is 0.168 e. The SMILES string of the molecule is CCCCCCCCOc1ccc2c(c1F)CCc1cc(OCCCC)ccc1-2. The molecule has 0 saturated heterocycles. The lowest BCUT2D eigenvalue weighted by atomic mass is 9.85. The van der Waals surface area contributed by atoms with Gasteiger partial charge in [-0.2, -0.15) is 0 Å². The molecule has 0 saturated carbocycles. The van der Waals surface area contributed by atoms with E-state index in [-0.39, 0.29) is 5.82 Å². The van der Waals surface area contributed by atoms with Gasteiger partial charge in [0.15, 0.2) is 11.6 Å². The Bertz CT molecular complexity index is 785. The van der Waals surface area contributed by atoms with Crippen molar-refractivity contribution < 1.29 is 13.9 Å². The Morgan fingerprint density at radius 3 is 2.31 bits per heavy atom. The molecule has 0 spiro atoms. The highest BCUT2D eigenvalue weighted by Gasteiger charge is 2.22. The highest BCUT2D eigenvalue weighted by molar-refractivity contribution is 5.75. The maximum atomic E-state index is 15.1. The first-order chi connectivity index (χ1) is 14.2. The lowest BCUT2D eigenvalue weighted by molar-refractivity contribution is 0.289. The zero-order valence-corrected chi connectivity index (χ0v) is 18.1.